The molecule has 3 heterocycles. The summed E-state index contributed by atoms with van der Waals surface area (Å²) in [6, 6.07) is 8.61. The molecule has 0 unspecified atom stereocenters. The lowest BCUT2D eigenvalue weighted by molar-refractivity contribution is 0.0923. The average molecular weight is 360 g/mol. The summed E-state index contributed by atoms with van der Waals surface area (Å²) >= 11 is 0. The monoisotopic (exact) mass is 360 g/mol. The molecule has 0 bridgehead atoms. The van der Waals surface area contributed by atoms with Crippen molar-refractivity contribution in [2.45, 2.75) is 19.4 Å². The number of hydrogen-bond acceptors (Lipinski definition) is 3. The quantitative estimate of drug-likeness (QED) is 0.764. The van der Waals surface area contributed by atoms with Gasteiger partial charge in [-0.3, -0.25) is 14.5 Å². The number of halogens is 1. The fourth-order valence-electron chi connectivity index (χ4n) is 3.78. The zero-order valence-electron chi connectivity index (χ0n) is 14.6. The fraction of sp³-hybridized carbons (Fsp3) is 0.190. The summed E-state index contributed by atoms with van der Waals surface area (Å²) in [5.41, 5.74) is 5.95. The minimum atomic E-state index is -0.262. The van der Waals surface area contributed by atoms with Gasteiger partial charge in [0.1, 0.15) is 11.5 Å². The summed E-state index contributed by atoms with van der Waals surface area (Å²) in [6.45, 7) is 1.29. The number of nitrogens with one attached hydrogen (secondary N) is 1. The molecule has 6 heteroatoms. The summed E-state index contributed by atoms with van der Waals surface area (Å²) in [5.74, 6) is -0.311. The molecule has 27 heavy (non-hydrogen) atoms. The lowest BCUT2D eigenvalue weighted by Gasteiger charge is -2.17. The third-order valence-electron chi connectivity index (χ3n) is 5.12. The van der Waals surface area contributed by atoms with Crippen LogP contribution in [0.25, 0.3) is 23.4 Å². The highest BCUT2D eigenvalue weighted by atomic mass is 19.1. The number of rotatable bonds is 2. The molecule has 0 spiro atoms. The molecular weight excluding hydrogens is 343 g/mol. The van der Waals surface area contributed by atoms with Crippen molar-refractivity contribution in [3.63, 3.8) is 0 Å². The van der Waals surface area contributed by atoms with Gasteiger partial charge in [-0.2, -0.15) is 5.10 Å². The van der Waals surface area contributed by atoms with E-state index in [1.165, 1.54) is 6.07 Å². The van der Waals surface area contributed by atoms with E-state index >= 15 is 0 Å². The van der Waals surface area contributed by atoms with E-state index in [1.54, 1.807) is 30.4 Å². The van der Waals surface area contributed by atoms with Crippen molar-refractivity contribution in [2.24, 2.45) is 0 Å². The minimum Gasteiger partial charge on any atom is -0.349 e. The van der Waals surface area contributed by atoms with Crippen LogP contribution in [0.4, 0.5) is 4.39 Å². The van der Waals surface area contributed by atoms with Crippen LogP contribution in [0.3, 0.4) is 0 Å². The van der Waals surface area contributed by atoms with Crippen LogP contribution in [-0.2, 0) is 19.4 Å². The molecule has 0 radical (unpaired) electrons. The molecule has 0 saturated heterocycles. The van der Waals surface area contributed by atoms with Crippen molar-refractivity contribution in [1.82, 2.24) is 20.1 Å². The number of carbonyl (C=O) groups is 1. The van der Waals surface area contributed by atoms with Gasteiger partial charge in [-0.25, -0.2) is 4.39 Å². The van der Waals surface area contributed by atoms with Gasteiger partial charge < -0.3 is 5.32 Å². The Labute approximate surface area is 155 Å². The van der Waals surface area contributed by atoms with E-state index in [0.717, 1.165) is 40.9 Å². The number of nitrogens with zero attached hydrogens (tertiary/aromatic N) is 3. The van der Waals surface area contributed by atoms with Crippen molar-refractivity contribution in [1.29, 1.82) is 0 Å². The summed E-state index contributed by atoms with van der Waals surface area (Å²) < 4.78 is 15.6. The Bertz CT molecular complexity index is 1100. The maximum Gasteiger partial charge on any atom is 0.269 e. The van der Waals surface area contributed by atoms with E-state index in [0.29, 0.717) is 24.3 Å². The van der Waals surface area contributed by atoms with Crippen LogP contribution in [0.5, 0.6) is 0 Å². The number of carbonyl (C=O) groups excluding carboxylic acids is 1. The highest BCUT2D eigenvalue weighted by Crippen LogP contribution is 2.35. The Kier molecular flexibility index (Phi) is 3.63. The molecule has 2 aromatic heterocycles. The lowest BCUT2D eigenvalue weighted by atomic mass is 9.89. The fourth-order valence-corrected chi connectivity index (χ4v) is 3.78. The van der Waals surface area contributed by atoms with Crippen molar-refractivity contribution >= 4 is 18.1 Å². The molecule has 1 aliphatic carbocycles. The number of pyridine rings is 1. The van der Waals surface area contributed by atoms with Gasteiger partial charge in [0.2, 0.25) is 0 Å². The molecule has 1 aromatic carbocycles. The van der Waals surface area contributed by atoms with Crippen molar-refractivity contribution in [3.05, 3.63) is 70.4 Å². The maximum absolute atomic E-state index is 13.8. The highest BCUT2D eigenvalue weighted by Gasteiger charge is 2.30. The Balaban J connectivity index is 1.56. The first-order valence-corrected chi connectivity index (χ1v) is 9.00. The number of amides is 1. The Morgan fingerprint density at radius 3 is 2.96 bits per heavy atom. The van der Waals surface area contributed by atoms with Gasteiger partial charge in [-0.05, 0) is 42.7 Å². The van der Waals surface area contributed by atoms with E-state index in [2.05, 4.69) is 10.3 Å². The van der Waals surface area contributed by atoms with Crippen molar-refractivity contribution < 1.29 is 9.18 Å². The molecule has 5 nitrogen and oxygen atoms in total. The number of fused-ring (bicyclic) bond motifs is 5. The molecule has 134 valence electrons. The smallest absolute Gasteiger partial charge is 0.269 e. The van der Waals surface area contributed by atoms with Crippen LogP contribution < -0.4 is 5.32 Å². The van der Waals surface area contributed by atoms with Gasteiger partial charge >= 0.3 is 0 Å². The van der Waals surface area contributed by atoms with Crippen LogP contribution in [-0.4, -0.2) is 27.2 Å². The molecule has 3 aromatic rings. The molecule has 1 aliphatic heterocycles. The highest BCUT2D eigenvalue weighted by molar-refractivity contribution is 5.97. The number of aromatic nitrogens is 3. The molecule has 5 rings (SSSR count). The standard InChI is InChI=1S/C21H17FN4O/c22-18-4-2-1-3-13(18)5-7-15-11-17-14(12-24-15)6-8-16-19(17)25-26-10-9-23-21(27)20(16)26/h1-5,7,11-12H,6,8-10H2,(H,23,27)/b7-5+. The van der Waals surface area contributed by atoms with Crippen LogP contribution in [0.2, 0.25) is 0 Å². The summed E-state index contributed by atoms with van der Waals surface area (Å²) in [7, 11) is 0. The molecule has 1 amide bonds. The Hall–Kier alpha value is -3.28. The second-order valence-corrected chi connectivity index (χ2v) is 6.78. The van der Waals surface area contributed by atoms with E-state index in [-0.39, 0.29) is 11.7 Å². The number of aryl methyl sites for hydroxylation is 1. The first kappa shape index (κ1) is 15.9. The van der Waals surface area contributed by atoms with Gasteiger partial charge in [0, 0.05) is 29.4 Å². The molecule has 2 aliphatic rings. The van der Waals surface area contributed by atoms with Gasteiger partial charge in [0.05, 0.1) is 17.9 Å². The van der Waals surface area contributed by atoms with Crippen molar-refractivity contribution in [2.75, 3.05) is 6.54 Å². The molecule has 0 saturated carbocycles. The third-order valence-corrected chi connectivity index (χ3v) is 5.12. The zero-order chi connectivity index (χ0) is 18.4. The topological polar surface area (TPSA) is 59.8 Å². The first-order valence-electron chi connectivity index (χ1n) is 9.00. The van der Waals surface area contributed by atoms with Gasteiger partial charge in [0.25, 0.3) is 5.91 Å². The van der Waals surface area contributed by atoms with E-state index in [9.17, 15) is 9.18 Å². The predicted molar refractivity (Wildman–Crippen MR) is 101 cm³/mol. The predicted octanol–water partition coefficient (Wildman–Crippen LogP) is 3.10. The number of hydrogen-bond donors (Lipinski definition) is 1. The second kappa shape index (κ2) is 6.16. The minimum absolute atomic E-state index is 0.0489. The maximum atomic E-state index is 13.8. The van der Waals surface area contributed by atoms with Gasteiger partial charge in [-0.1, -0.05) is 18.2 Å². The molecule has 0 atom stereocenters. The molecular formula is C21H17FN4O. The van der Waals surface area contributed by atoms with Gasteiger partial charge in [0.15, 0.2) is 0 Å². The van der Waals surface area contributed by atoms with Crippen LogP contribution in [0.15, 0.2) is 36.5 Å². The first-order chi connectivity index (χ1) is 13.2. The molecule has 0 fully saturated rings. The summed E-state index contributed by atoms with van der Waals surface area (Å²) in [5, 5.41) is 7.60. The normalized spacial score (nSPS) is 15.2. The van der Waals surface area contributed by atoms with Crippen LogP contribution >= 0.6 is 0 Å². The van der Waals surface area contributed by atoms with Crippen LogP contribution in [0.1, 0.15) is 32.9 Å². The second-order valence-electron chi connectivity index (χ2n) is 6.78. The van der Waals surface area contributed by atoms with E-state index < -0.39 is 0 Å². The number of benzene rings is 1. The van der Waals surface area contributed by atoms with Gasteiger partial charge in [-0.15, -0.1) is 0 Å². The Morgan fingerprint density at radius 2 is 2.07 bits per heavy atom. The SMILES string of the molecule is O=C1NCCn2nc3c(c21)CCc1cnc(/C=C/c2ccccc2F)cc1-3. The average Bonchev–Trinajstić information content (AvgIpc) is 3.08. The Morgan fingerprint density at radius 1 is 1.19 bits per heavy atom. The van der Waals surface area contributed by atoms with E-state index in [1.807, 2.05) is 16.9 Å². The van der Waals surface area contributed by atoms with Crippen molar-refractivity contribution in [3.8, 4) is 11.3 Å². The zero-order valence-corrected chi connectivity index (χ0v) is 14.6. The summed E-state index contributed by atoms with van der Waals surface area (Å²) in [6.07, 6.45) is 7.00. The largest absolute Gasteiger partial charge is 0.349 e. The van der Waals surface area contributed by atoms with E-state index in [4.69, 9.17) is 5.10 Å². The van der Waals surface area contributed by atoms with Crippen LogP contribution in [0, 0.1) is 5.82 Å². The third kappa shape index (κ3) is 2.65. The molecule has 1 N–H and O–H groups in total. The summed E-state index contributed by atoms with van der Waals surface area (Å²) in [4.78, 5) is 16.7. The lowest BCUT2D eigenvalue weighted by Crippen LogP contribution is -2.36.